The second kappa shape index (κ2) is 2.97. The predicted molar refractivity (Wildman–Crippen MR) is 64.3 cm³/mol. The molecule has 0 nitrogen and oxygen atoms in total. The van der Waals surface area contributed by atoms with Crippen LogP contribution in [0.2, 0.25) is 5.02 Å². The quantitative estimate of drug-likeness (QED) is 0.513. The van der Waals surface area contributed by atoms with Crippen LogP contribution in [0, 0.1) is 0 Å². The molecule has 0 saturated carbocycles. The van der Waals surface area contributed by atoms with Gasteiger partial charge in [0.2, 0.25) is 0 Å². The van der Waals surface area contributed by atoms with Gasteiger partial charge in [0.1, 0.15) is 0 Å². The van der Waals surface area contributed by atoms with E-state index in [1.165, 1.54) is 20.9 Å². The molecule has 0 atom stereocenters. The smallest absolute Gasteiger partial charge is 0.0597 e. The van der Waals surface area contributed by atoms with Crippen LogP contribution >= 0.6 is 22.9 Å². The number of fused-ring (bicyclic) bond motifs is 3. The fourth-order valence-corrected chi connectivity index (χ4v) is 3.00. The van der Waals surface area contributed by atoms with E-state index in [0.29, 0.717) is 0 Å². The van der Waals surface area contributed by atoms with Crippen molar-refractivity contribution in [1.82, 2.24) is 0 Å². The molecular weight excluding hydrogens is 212 g/mol. The molecule has 0 spiro atoms. The topological polar surface area (TPSA) is 0 Å². The van der Waals surface area contributed by atoms with Gasteiger partial charge in [-0.1, -0.05) is 41.9 Å². The zero-order valence-corrected chi connectivity index (χ0v) is 8.90. The van der Waals surface area contributed by atoms with Gasteiger partial charge in [0.25, 0.3) is 0 Å². The van der Waals surface area contributed by atoms with E-state index >= 15 is 0 Å². The summed E-state index contributed by atoms with van der Waals surface area (Å²) in [6.45, 7) is 0. The van der Waals surface area contributed by atoms with Crippen LogP contribution in [-0.4, -0.2) is 0 Å². The van der Waals surface area contributed by atoms with Crippen molar-refractivity contribution in [3.63, 3.8) is 0 Å². The van der Waals surface area contributed by atoms with Crippen molar-refractivity contribution in [1.29, 1.82) is 0 Å². The predicted octanol–water partition coefficient (Wildman–Crippen LogP) is 4.71. The van der Waals surface area contributed by atoms with Gasteiger partial charge in [-0.3, -0.25) is 0 Å². The molecule has 68 valence electrons. The van der Waals surface area contributed by atoms with Gasteiger partial charge in [-0.15, -0.1) is 11.3 Å². The van der Waals surface area contributed by atoms with Crippen LogP contribution in [0.3, 0.4) is 0 Å². The molecule has 0 unspecified atom stereocenters. The Balaban J connectivity index is 2.65. The first-order chi connectivity index (χ1) is 6.86. The van der Waals surface area contributed by atoms with Crippen LogP contribution in [0.15, 0.2) is 41.8 Å². The highest BCUT2D eigenvalue weighted by Crippen LogP contribution is 2.35. The van der Waals surface area contributed by atoms with Gasteiger partial charge in [0.05, 0.1) is 5.02 Å². The van der Waals surface area contributed by atoms with E-state index in [-0.39, 0.29) is 0 Å². The van der Waals surface area contributed by atoms with E-state index in [0.717, 1.165) is 5.02 Å². The molecule has 0 aliphatic carbocycles. The lowest BCUT2D eigenvalue weighted by atomic mass is 10.1. The van der Waals surface area contributed by atoms with Crippen molar-refractivity contribution in [2.45, 2.75) is 0 Å². The fraction of sp³-hybridized carbons (Fsp3) is 0. The van der Waals surface area contributed by atoms with E-state index in [9.17, 15) is 0 Å². The lowest BCUT2D eigenvalue weighted by molar-refractivity contribution is 1.81. The van der Waals surface area contributed by atoms with Gasteiger partial charge >= 0.3 is 0 Å². The van der Waals surface area contributed by atoms with E-state index in [2.05, 4.69) is 36.4 Å². The highest BCUT2D eigenvalue weighted by atomic mass is 35.5. The molecule has 3 rings (SSSR count). The molecule has 0 saturated heterocycles. The molecule has 0 radical (unpaired) electrons. The maximum absolute atomic E-state index is 6.16. The number of rotatable bonds is 0. The average molecular weight is 219 g/mol. The van der Waals surface area contributed by atoms with Crippen LogP contribution in [0.1, 0.15) is 0 Å². The highest BCUT2D eigenvalue weighted by Gasteiger charge is 2.05. The van der Waals surface area contributed by atoms with E-state index in [1.54, 1.807) is 11.3 Å². The summed E-state index contributed by atoms with van der Waals surface area (Å²) in [5, 5.41) is 6.55. The summed E-state index contributed by atoms with van der Waals surface area (Å²) < 4.78 is 1.26. The normalized spacial score (nSPS) is 11.2. The van der Waals surface area contributed by atoms with E-state index < -0.39 is 0 Å². The van der Waals surface area contributed by atoms with Gasteiger partial charge in [-0.05, 0) is 16.8 Å². The summed E-state index contributed by atoms with van der Waals surface area (Å²) in [4.78, 5) is 0. The Hall–Kier alpha value is -1.05. The molecule has 2 heteroatoms. The summed E-state index contributed by atoms with van der Waals surface area (Å²) in [7, 11) is 0. The molecule has 1 aromatic heterocycles. The SMILES string of the molecule is Clc1csc2ccc3ccccc3c12. The Morgan fingerprint density at radius 2 is 1.86 bits per heavy atom. The third-order valence-corrected chi connectivity index (χ3v) is 3.79. The third-order valence-electron chi connectivity index (χ3n) is 2.42. The third kappa shape index (κ3) is 1.06. The first-order valence-corrected chi connectivity index (χ1v) is 5.66. The lowest BCUT2D eigenvalue weighted by Gasteiger charge is -1.99. The highest BCUT2D eigenvalue weighted by molar-refractivity contribution is 7.18. The Kier molecular flexibility index (Phi) is 1.76. The van der Waals surface area contributed by atoms with Crippen molar-refractivity contribution in [3.05, 3.63) is 46.8 Å². The lowest BCUT2D eigenvalue weighted by Crippen LogP contribution is -1.72. The Morgan fingerprint density at radius 1 is 1.00 bits per heavy atom. The number of hydrogen-bond donors (Lipinski definition) is 0. The number of thiophene rings is 1. The van der Waals surface area contributed by atoms with Crippen molar-refractivity contribution in [2.24, 2.45) is 0 Å². The first-order valence-electron chi connectivity index (χ1n) is 4.41. The molecule has 0 aliphatic heterocycles. The molecule has 0 bridgehead atoms. The molecule has 0 amide bonds. The molecule has 1 heterocycles. The molecule has 0 fully saturated rings. The summed E-state index contributed by atoms with van der Waals surface area (Å²) in [5.41, 5.74) is 0. The molecule has 0 N–H and O–H groups in total. The van der Waals surface area contributed by atoms with Gasteiger partial charge in [0, 0.05) is 15.5 Å². The summed E-state index contributed by atoms with van der Waals surface area (Å²) in [6, 6.07) is 12.6. The summed E-state index contributed by atoms with van der Waals surface area (Å²) in [6.07, 6.45) is 0. The van der Waals surface area contributed by atoms with Gasteiger partial charge in [-0.2, -0.15) is 0 Å². The summed E-state index contributed by atoms with van der Waals surface area (Å²) >= 11 is 7.86. The first kappa shape index (κ1) is 8.27. The molecular formula is C12H7ClS. The zero-order chi connectivity index (χ0) is 9.54. The van der Waals surface area contributed by atoms with Crippen molar-refractivity contribution in [3.8, 4) is 0 Å². The zero-order valence-electron chi connectivity index (χ0n) is 7.33. The summed E-state index contributed by atoms with van der Waals surface area (Å²) in [5.74, 6) is 0. The number of hydrogen-bond acceptors (Lipinski definition) is 1. The molecule has 3 aromatic rings. The second-order valence-electron chi connectivity index (χ2n) is 3.24. The fourth-order valence-electron chi connectivity index (χ4n) is 1.77. The maximum Gasteiger partial charge on any atom is 0.0597 e. The van der Waals surface area contributed by atoms with Crippen LogP contribution in [-0.2, 0) is 0 Å². The van der Waals surface area contributed by atoms with Crippen LogP contribution < -0.4 is 0 Å². The van der Waals surface area contributed by atoms with Crippen molar-refractivity contribution < 1.29 is 0 Å². The second-order valence-corrected chi connectivity index (χ2v) is 4.56. The van der Waals surface area contributed by atoms with Crippen LogP contribution in [0.4, 0.5) is 0 Å². The van der Waals surface area contributed by atoms with Crippen molar-refractivity contribution in [2.75, 3.05) is 0 Å². The minimum Gasteiger partial charge on any atom is -0.142 e. The number of benzene rings is 2. The van der Waals surface area contributed by atoms with Crippen LogP contribution in [0.5, 0.6) is 0 Å². The van der Waals surface area contributed by atoms with E-state index in [4.69, 9.17) is 11.6 Å². The van der Waals surface area contributed by atoms with Gasteiger partial charge in [0.15, 0.2) is 0 Å². The van der Waals surface area contributed by atoms with Gasteiger partial charge < -0.3 is 0 Å². The molecule has 0 aliphatic rings. The number of halogens is 1. The monoisotopic (exact) mass is 218 g/mol. The Bertz CT molecular complexity index is 610. The van der Waals surface area contributed by atoms with Crippen LogP contribution in [0.25, 0.3) is 20.9 Å². The van der Waals surface area contributed by atoms with Crippen molar-refractivity contribution >= 4 is 43.8 Å². The standard InChI is InChI=1S/C12H7ClS/c13-10-7-14-11-6-5-8-3-1-2-4-9(8)12(10)11/h1-7H. The minimum atomic E-state index is 0.863. The average Bonchev–Trinajstić information content (AvgIpc) is 2.61. The molecule has 14 heavy (non-hydrogen) atoms. The Labute approximate surface area is 90.7 Å². The maximum atomic E-state index is 6.16. The van der Waals surface area contributed by atoms with Gasteiger partial charge in [-0.25, -0.2) is 0 Å². The minimum absolute atomic E-state index is 0.863. The Morgan fingerprint density at radius 3 is 2.79 bits per heavy atom. The van der Waals surface area contributed by atoms with E-state index in [1.807, 2.05) is 5.38 Å². The molecule has 2 aromatic carbocycles. The largest absolute Gasteiger partial charge is 0.142 e.